The summed E-state index contributed by atoms with van der Waals surface area (Å²) >= 11 is 3.07. The number of thioether (sulfide) groups is 1. The second kappa shape index (κ2) is 9.37. The summed E-state index contributed by atoms with van der Waals surface area (Å²) in [5, 5.41) is 12.2. The molecule has 4 rings (SSSR count). The van der Waals surface area contributed by atoms with E-state index in [1.54, 1.807) is 23.6 Å². The van der Waals surface area contributed by atoms with Gasteiger partial charge in [0.05, 0.1) is 24.6 Å². The lowest BCUT2D eigenvalue weighted by atomic mass is 10.1. The molecule has 0 atom stereocenters. The van der Waals surface area contributed by atoms with Crippen LogP contribution in [-0.2, 0) is 22.3 Å². The van der Waals surface area contributed by atoms with Crippen molar-refractivity contribution in [3.63, 3.8) is 0 Å². The first-order valence-electron chi connectivity index (χ1n) is 10.1. The molecule has 1 aliphatic heterocycles. The van der Waals surface area contributed by atoms with E-state index in [-0.39, 0.29) is 5.91 Å². The molecule has 31 heavy (non-hydrogen) atoms. The Hall–Kier alpha value is -2.43. The lowest BCUT2D eigenvalue weighted by Gasteiger charge is -2.27. The summed E-state index contributed by atoms with van der Waals surface area (Å²) in [6.07, 6.45) is 0. The number of aryl methyl sites for hydroxylation is 1. The fraction of sp³-hybridized carbons (Fsp3) is 0.429. The van der Waals surface area contributed by atoms with E-state index in [4.69, 9.17) is 9.72 Å². The number of hydrogen-bond acceptors (Lipinski definition) is 8. The zero-order valence-corrected chi connectivity index (χ0v) is 19.8. The largest absolute Gasteiger partial charge is 0.378 e. The van der Waals surface area contributed by atoms with Crippen molar-refractivity contribution in [2.45, 2.75) is 31.7 Å². The van der Waals surface area contributed by atoms with E-state index >= 15 is 0 Å². The SMILES string of the molecule is CC(=O)N(c1nc(CSc2nnc(N3CCOCC3)n2C)cs1)c1cccc(C)c1C. The number of benzene rings is 1. The molecule has 0 saturated carbocycles. The number of rotatable bonds is 6. The van der Waals surface area contributed by atoms with Gasteiger partial charge < -0.3 is 9.64 Å². The second-order valence-corrected chi connectivity index (χ2v) is 9.20. The third-order valence-corrected chi connectivity index (χ3v) is 7.25. The first-order valence-corrected chi connectivity index (χ1v) is 12.0. The molecule has 10 heteroatoms. The van der Waals surface area contributed by atoms with Gasteiger partial charge in [0.25, 0.3) is 0 Å². The van der Waals surface area contributed by atoms with E-state index in [0.29, 0.717) is 24.1 Å². The Balaban J connectivity index is 1.48. The molecule has 1 fully saturated rings. The van der Waals surface area contributed by atoms with Gasteiger partial charge in [-0.25, -0.2) is 4.98 Å². The average Bonchev–Trinajstić information content (AvgIpc) is 3.37. The van der Waals surface area contributed by atoms with Crippen LogP contribution in [0.4, 0.5) is 16.8 Å². The molecule has 1 saturated heterocycles. The first kappa shape index (κ1) is 21.8. The van der Waals surface area contributed by atoms with Crippen molar-refractivity contribution in [1.82, 2.24) is 19.7 Å². The number of aromatic nitrogens is 4. The van der Waals surface area contributed by atoms with Crippen LogP contribution < -0.4 is 9.80 Å². The number of morpholine rings is 1. The fourth-order valence-electron chi connectivity index (χ4n) is 3.46. The summed E-state index contributed by atoms with van der Waals surface area (Å²) in [6.45, 7) is 8.73. The van der Waals surface area contributed by atoms with Crippen molar-refractivity contribution in [2.75, 3.05) is 36.1 Å². The molecule has 3 aromatic rings. The zero-order valence-electron chi connectivity index (χ0n) is 18.2. The van der Waals surface area contributed by atoms with Crippen LogP contribution in [0.5, 0.6) is 0 Å². The molecule has 0 unspecified atom stereocenters. The van der Waals surface area contributed by atoms with Crippen LogP contribution in [0.3, 0.4) is 0 Å². The molecule has 1 aliphatic rings. The topological polar surface area (TPSA) is 76.4 Å². The molecule has 0 aliphatic carbocycles. The highest BCUT2D eigenvalue weighted by molar-refractivity contribution is 7.98. The second-order valence-electron chi connectivity index (χ2n) is 7.42. The molecule has 0 spiro atoms. The van der Waals surface area contributed by atoms with E-state index in [9.17, 15) is 4.79 Å². The Morgan fingerprint density at radius 1 is 1.26 bits per heavy atom. The summed E-state index contributed by atoms with van der Waals surface area (Å²) in [5.74, 6) is 1.47. The molecule has 0 bridgehead atoms. The van der Waals surface area contributed by atoms with E-state index in [1.807, 2.05) is 49.0 Å². The number of carbonyl (C=O) groups excluding carboxylic acids is 1. The molecule has 0 radical (unpaired) electrons. The van der Waals surface area contributed by atoms with Crippen LogP contribution in [0.15, 0.2) is 28.7 Å². The monoisotopic (exact) mass is 458 g/mol. The molecular formula is C21H26N6O2S2. The van der Waals surface area contributed by atoms with Gasteiger partial charge in [-0.1, -0.05) is 23.9 Å². The Bertz CT molecular complexity index is 1070. The van der Waals surface area contributed by atoms with Crippen molar-refractivity contribution in [2.24, 2.45) is 7.05 Å². The van der Waals surface area contributed by atoms with Gasteiger partial charge in [-0.15, -0.1) is 21.5 Å². The molecule has 8 nitrogen and oxygen atoms in total. The van der Waals surface area contributed by atoms with Crippen LogP contribution in [0.25, 0.3) is 0 Å². The summed E-state index contributed by atoms with van der Waals surface area (Å²) in [4.78, 5) is 21.1. The third-order valence-electron chi connectivity index (χ3n) is 5.32. The predicted molar refractivity (Wildman–Crippen MR) is 124 cm³/mol. The Morgan fingerprint density at radius 2 is 2.03 bits per heavy atom. The minimum absolute atomic E-state index is 0.0503. The minimum Gasteiger partial charge on any atom is -0.378 e. The summed E-state index contributed by atoms with van der Waals surface area (Å²) in [6, 6.07) is 5.98. The lowest BCUT2D eigenvalue weighted by molar-refractivity contribution is -0.115. The highest BCUT2D eigenvalue weighted by Crippen LogP contribution is 2.34. The standard InChI is InChI=1S/C21H26N6O2S2/c1-14-6-5-7-18(15(14)2)27(16(3)28)20-22-17(12-30-20)13-31-21-24-23-19(25(21)4)26-8-10-29-11-9-26/h5-7,12H,8-11,13H2,1-4H3. The predicted octanol–water partition coefficient (Wildman–Crippen LogP) is 3.70. The third kappa shape index (κ3) is 4.60. The molecule has 0 N–H and O–H groups in total. The van der Waals surface area contributed by atoms with Crippen molar-refractivity contribution < 1.29 is 9.53 Å². The number of hydrogen-bond donors (Lipinski definition) is 0. The van der Waals surface area contributed by atoms with Gasteiger partial charge >= 0.3 is 0 Å². The smallest absolute Gasteiger partial charge is 0.230 e. The van der Waals surface area contributed by atoms with Crippen LogP contribution in [-0.4, -0.2) is 52.0 Å². The van der Waals surface area contributed by atoms with Gasteiger partial charge in [0.2, 0.25) is 11.9 Å². The number of amides is 1. The number of thiazole rings is 1. The molecule has 164 valence electrons. The summed E-state index contributed by atoms with van der Waals surface area (Å²) < 4.78 is 7.43. The van der Waals surface area contributed by atoms with Gasteiger partial charge in [-0.2, -0.15) is 0 Å². The van der Waals surface area contributed by atoms with Crippen molar-refractivity contribution in [3.8, 4) is 0 Å². The highest BCUT2D eigenvalue weighted by atomic mass is 32.2. The summed E-state index contributed by atoms with van der Waals surface area (Å²) in [5.41, 5.74) is 4.02. The average molecular weight is 459 g/mol. The molecule has 2 aromatic heterocycles. The van der Waals surface area contributed by atoms with Crippen molar-refractivity contribution >= 4 is 45.8 Å². The molecule has 1 amide bonds. The minimum atomic E-state index is -0.0503. The van der Waals surface area contributed by atoms with Crippen molar-refractivity contribution in [3.05, 3.63) is 40.4 Å². The number of carbonyl (C=O) groups is 1. The van der Waals surface area contributed by atoms with Gasteiger partial charge in [-0.05, 0) is 31.0 Å². The van der Waals surface area contributed by atoms with Crippen LogP contribution in [0.1, 0.15) is 23.7 Å². The van der Waals surface area contributed by atoms with Gasteiger partial charge in [0.15, 0.2) is 10.3 Å². The maximum absolute atomic E-state index is 12.4. The van der Waals surface area contributed by atoms with E-state index < -0.39 is 0 Å². The lowest BCUT2D eigenvalue weighted by Crippen LogP contribution is -2.37. The van der Waals surface area contributed by atoms with Gasteiger partial charge in [0.1, 0.15) is 0 Å². The fourth-order valence-corrected chi connectivity index (χ4v) is 5.24. The van der Waals surface area contributed by atoms with E-state index in [2.05, 4.69) is 15.1 Å². The Kier molecular flexibility index (Phi) is 6.59. The number of anilines is 3. The normalized spacial score (nSPS) is 14.1. The van der Waals surface area contributed by atoms with Crippen LogP contribution >= 0.6 is 23.1 Å². The van der Waals surface area contributed by atoms with Gasteiger partial charge in [-0.3, -0.25) is 14.3 Å². The maximum atomic E-state index is 12.4. The first-order chi connectivity index (χ1) is 15.0. The maximum Gasteiger partial charge on any atom is 0.230 e. The van der Waals surface area contributed by atoms with Crippen molar-refractivity contribution in [1.29, 1.82) is 0 Å². The zero-order chi connectivity index (χ0) is 22.0. The molecule has 3 heterocycles. The number of nitrogens with zero attached hydrogens (tertiary/aromatic N) is 6. The number of ether oxygens (including phenoxy) is 1. The molecular weight excluding hydrogens is 432 g/mol. The van der Waals surface area contributed by atoms with Gasteiger partial charge in [0, 0.05) is 38.2 Å². The highest BCUT2D eigenvalue weighted by Gasteiger charge is 2.21. The van der Waals surface area contributed by atoms with Crippen LogP contribution in [0, 0.1) is 13.8 Å². The van der Waals surface area contributed by atoms with E-state index in [0.717, 1.165) is 46.7 Å². The Morgan fingerprint density at radius 3 is 2.77 bits per heavy atom. The molecule has 1 aromatic carbocycles. The quantitative estimate of drug-likeness (QED) is 0.521. The Labute approximate surface area is 190 Å². The van der Waals surface area contributed by atoms with E-state index in [1.165, 1.54) is 11.3 Å². The van der Waals surface area contributed by atoms with Crippen LogP contribution in [0.2, 0.25) is 0 Å². The summed E-state index contributed by atoms with van der Waals surface area (Å²) in [7, 11) is 1.98.